The molecule has 1 amide bonds. The molecule has 152 valence electrons. The van der Waals surface area contributed by atoms with E-state index in [2.05, 4.69) is 22.2 Å². The van der Waals surface area contributed by atoms with Crippen molar-refractivity contribution in [3.63, 3.8) is 0 Å². The SMILES string of the molecule is CCOC(=O)c1c(C)c(CCC(=O)NCCN2CCN(C)CC2)c(C)n1C. The summed E-state index contributed by atoms with van der Waals surface area (Å²) in [4.78, 5) is 29.1. The molecule has 1 aliphatic rings. The molecule has 0 spiro atoms. The van der Waals surface area contributed by atoms with Gasteiger partial charge in [-0.2, -0.15) is 0 Å². The number of carbonyl (C=O) groups is 2. The summed E-state index contributed by atoms with van der Waals surface area (Å²) in [5, 5.41) is 3.02. The van der Waals surface area contributed by atoms with Crippen molar-refractivity contribution in [3.05, 3.63) is 22.5 Å². The van der Waals surface area contributed by atoms with Gasteiger partial charge < -0.3 is 19.5 Å². The van der Waals surface area contributed by atoms with E-state index in [1.165, 1.54) is 0 Å². The Morgan fingerprint density at radius 3 is 2.41 bits per heavy atom. The molecule has 0 unspecified atom stereocenters. The normalized spacial score (nSPS) is 15.7. The van der Waals surface area contributed by atoms with Crippen molar-refractivity contribution < 1.29 is 14.3 Å². The number of amides is 1. The van der Waals surface area contributed by atoms with Gasteiger partial charge in [0.05, 0.1) is 6.61 Å². The molecule has 2 heterocycles. The molecule has 7 nitrogen and oxygen atoms in total. The fourth-order valence-electron chi connectivity index (χ4n) is 3.65. The van der Waals surface area contributed by atoms with E-state index in [-0.39, 0.29) is 11.9 Å². The van der Waals surface area contributed by atoms with Gasteiger partial charge in [0.2, 0.25) is 5.91 Å². The Kier molecular flexibility index (Phi) is 7.86. The van der Waals surface area contributed by atoms with Crippen molar-refractivity contribution in [1.29, 1.82) is 0 Å². The molecule has 2 rings (SSSR count). The summed E-state index contributed by atoms with van der Waals surface area (Å²) in [6.07, 6.45) is 1.06. The molecule has 1 fully saturated rings. The second-order valence-corrected chi connectivity index (χ2v) is 7.31. The molecule has 0 radical (unpaired) electrons. The number of piperazine rings is 1. The summed E-state index contributed by atoms with van der Waals surface area (Å²) in [6.45, 7) is 11.9. The average molecular weight is 379 g/mol. The van der Waals surface area contributed by atoms with Gasteiger partial charge in [0.1, 0.15) is 5.69 Å². The zero-order chi connectivity index (χ0) is 20.0. The van der Waals surface area contributed by atoms with Gasteiger partial charge >= 0.3 is 5.97 Å². The fourth-order valence-corrected chi connectivity index (χ4v) is 3.65. The Bertz CT molecular complexity index is 661. The number of ether oxygens (including phenoxy) is 1. The highest BCUT2D eigenvalue weighted by Gasteiger charge is 2.22. The maximum Gasteiger partial charge on any atom is 0.355 e. The first-order valence-electron chi connectivity index (χ1n) is 9.84. The maximum atomic E-state index is 12.2. The predicted molar refractivity (Wildman–Crippen MR) is 106 cm³/mol. The van der Waals surface area contributed by atoms with Crippen molar-refractivity contribution in [2.45, 2.75) is 33.6 Å². The number of nitrogens with one attached hydrogen (secondary N) is 1. The van der Waals surface area contributed by atoms with Gasteiger partial charge in [-0.25, -0.2) is 4.79 Å². The minimum Gasteiger partial charge on any atom is -0.461 e. The van der Waals surface area contributed by atoms with E-state index in [0.717, 1.165) is 49.5 Å². The van der Waals surface area contributed by atoms with E-state index in [1.807, 2.05) is 25.5 Å². The molecule has 0 saturated carbocycles. The molecule has 7 heteroatoms. The molecule has 1 aliphatic heterocycles. The smallest absolute Gasteiger partial charge is 0.355 e. The third kappa shape index (κ3) is 5.56. The van der Waals surface area contributed by atoms with Crippen molar-refractivity contribution >= 4 is 11.9 Å². The van der Waals surface area contributed by atoms with E-state index in [1.54, 1.807) is 6.92 Å². The first kappa shape index (κ1) is 21.4. The lowest BCUT2D eigenvalue weighted by Gasteiger charge is -2.32. The zero-order valence-corrected chi connectivity index (χ0v) is 17.4. The summed E-state index contributed by atoms with van der Waals surface area (Å²) < 4.78 is 7.02. The van der Waals surface area contributed by atoms with Crippen LogP contribution in [0.3, 0.4) is 0 Å². The number of hydrogen-bond acceptors (Lipinski definition) is 5. The van der Waals surface area contributed by atoms with E-state index >= 15 is 0 Å². The van der Waals surface area contributed by atoms with Crippen LogP contribution in [-0.4, -0.2) is 79.2 Å². The number of nitrogens with zero attached hydrogens (tertiary/aromatic N) is 3. The number of rotatable bonds is 8. The highest BCUT2D eigenvalue weighted by Crippen LogP contribution is 2.23. The number of esters is 1. The van der Waals surface area contributed by atoms with E-state index < -0.39 is 0 Å². The first-order valence-corrected chi connectivity index (χ1v) is 9.84. The van der Waals surface area contributed by atoms with Crippen LogP contribution in [0.4, 0.5) is 0 Å². The van der Waals surface area contributed by atoms with Crippen LogP contribution in [0.1, 0.15) is 40.7 Å². The van der Waals surface area contributed by atoms with Gasteiger partial charge in [0.15, 0.2) is 0 Å². The second kappa shape index (κ2) is 9.90. The summed E-state index contributed by atoms with van der Waals surface area (Å²) in [5.41, 5.74) is 3.58. The van der Waals surface area contributed by atoms with Crippen molar-refractivity contribution in [1.82, 2.24) is 19.7 Å². The van der Waals surface area contributed by atoms with Gasteiger partial charge in [-0.15, -0.1) is 0 Å². The van der Waals surface area contributed by atoms with Crippen LogP contribution in [0.15, 0.2) is 0 Å². The topological polar surface area (TPSA) is 66.8 Å². The van der Waals surface area contributed by atoms with Crippen molar-refractivity contribution in [2.75, 3.05) is 52.9 Å². The fraction of sp³-hybridized carbons (Fsp3) is 0.700. The molecule has 1 aromatic rings. The minimum absolute atomic E-state index is 0.0597. The Balaban J connectivity index is 1.82. The lowest BCUT2D eigenvalue weighted by atomic mass is 10.0. The average Bonchev–Trinajstić information content (AvgIpc) is 2.84. The van der Waals surface area contributed by atoms with Gasteiger partial charge in [-0.3, -0.25) is 9.69 Å². The minimum atomic E-state index is -0.302. The third-order valence-electron chi connectivity index (χ3n) is 5.50. The number of aromatic nitrogens is 1. The highest BCUT2D eigenvalue weighted by atomic mass is 16.5. The van der Waals surface area contributed by atoms with Crippen LogP contribution in [0.25, 0.3) is 0 Å². The van der Waals surface area contributed by atoms with Crippen LogP contribution in [0.2, 0.25) is 0 Å². The number of carbonyl (C=O) groups excluding carboxylic acids is 2. The Morgan fingerprint density at radius 2 is 1.78 bits per heavy atom. The van der Waals surface area contributed by atoms with E-state index in [4.69, 9.17) is 4.74 Å². The van der Waals surface area contributed by atoms with Crippen LogP contribution in [0.5, 0.6) is 0 Å². The van der Waals surface area contributed by atoms with Gasteiger partial charge in [-0.1, -0.05) is 0 Å². The van der Waals surface area contributed by atoms with Gasteiger partial charge in [0, 0.05) is 58.4 Å². The quantitative estimate of drug-likeness (QED) is 0.687. The van der Waals surface area contributed by atoms with Crippen molar-refractivity contribution in [2.24, 2.45) is 7.05 Å². The summed E-state index contributed by atoms with van der Waals surface area (Å²) in [5.74, 6) is -0.243. The predicted octanol–water partition coefficient (Wildman–Crippen LogP) is 1.11. The first-order chi connectivity index (χ1) is 12.8. The molecule has 27 heavy (non-hydrogen) atoms. The third-order valence-corrected chi connectivity index (χ3v) is 5.50. The van der Waals surface area contributed by atoms with Gasteiger partial charge in [0.25, 0.3) is 0 Å². The number of hydrogen-bond donors (Lipinski definition) is 1. The summed E-state index contributed by atoms with van der Waals surface area (Å²) in [7, 11) is 4.01. The molecule has 1 aromatic heterocycles. The van der Waals surface area contributed by atoms with Crippen LogP contribution in [-0.2, 0) is 23.0 Å². The highest BCUT2D eigenvalue weighted by molar-refractivity contribution is 5.90. The molecule has 0 atom stereocenters. The molecule has 1 N–H and O–H groups in total. The van der Waals surface area contributed by atoms with Crippen molar-refractivity contribution in [3.8, 4) is 0 Å². The summed E-state index contributed by atoms with van der Waals surface area (Å²) in [6, 6.07) is 0. The molecule has 0 bridgehead atoms. The molecule has 0 aromatic carbocycles. The lowest BCUT2D eigenvalue weighted by molar-refractivity contribution is -0.121. The second-order valence-electron chi connectivity index (χ2n) is 7.31. The number of likely N-dealkylation sites (N-methyl/N-ethyl adjacent to an activating group) is 1. The Hall–Kier alpha value is -1.86. The Labute approximate surface area is 162 Å². The monoisotopic (exact) mass is 378 g/mol. The zero-order valence-electron chi connectivity index (χ0n) is 17.4. The lowest BCUT2D eigenvalue weighted by Crippen LogP contribution is -2.46. The van der Waals surface area contributed by atoms with E-state index in [0.29, 0.717) is 31.7 Å². The van der Waals surface area contributed by atoms with Crippen LogP contribution >= 0.6 is 0 Å². The standard InChI is InChI=1S/C20H34N4O3/c1-6-27-20(26)19-15(2)17(16(3)23(19)5)7-8-18(25)21-9-10-24-13-11-22(4)12-14-24/h6-14H2,1-5H3,(H,21,25). The molecular weight excluding hydrogens is 344 g/mol. The van der Waals surface area contributed by atoms with Crippen LogP contribution in [0, 0.1) is 13.8 Å². The molecule has 1 saturated heterocycles. The Morgan fingerprint density at radius 1 is 1.11 bits per heavy atom. The van der Waals surface area contributed by atoms with E-state index in [9.17, 15) is 9.59 Å². The molecular formula is C20H34N4O3. The maximum absolute atomic E-state index is 12.2. The van der Waals surface area contributed by atoms with Gasteiger partial charge in [-0.05, 0) is 45.4 Å². The largest absolute Gasteiger partial charge is 0.461 e. The molecule has 0 aliphatic carbocycles. The van der Waals surface area contributed by atoms with Crippen LogP contribution < -0.4 is 5.32 Å². The summed E-state index contributed by atoms with van der Waals surface area (Å²) >= 11 is 0.